The van der Waals surface area contributed by atoms with E-state index in [1.807, 2.05) is 48.5 Å². The maximum Gasteiger partial charge on any atom is 0.258 e. The van der Waals surface area contributed by atoms with E-state index in [-0.39, 0.29) is 18.6 Å². The zero-order valence-corrected chi connectivity index (χ0v) is 15.3. The Morgan fingerprint density at radius 1 is 1.07 bits per heavy atom. The summed E-state index contributed by atoms with van der Waals surface area (Å²) in [6.07, 6.45) is 4.15. The van der Waals surface area contributed by atoms with Crippen LogP contribution in [0.15, 0.2) is 65.3 Å². The first kappa shape index (κ1) is 17.6. The van der Waals surface area contributed by atoms with Gasteiger partial charge in [0.15, 0.2) is 18.4 Å². The van der Waals surface area contributed by atoms with Gasteiger partial charge in [0.2, 0.25) is 0 Å². The van der Waals surface area contributed by atoms with Crippen LogP contribution in [0.5, 0.6) is 5.75 Å². The molecule has 1 fully saturated rings. The van der Waals surface area contributed by atoms with Crippen molar-refractivity contribution in [1.29, 1.82) is 0 Å². The average Bonchev–Trinajstić information content (AvgIpc) is 3.41. The van der Waals surface area contributed by atoms with Gasteiger partial charge in [-0.15, -0.1) is 0 Å². The molecule has 0 unspecified atom stereocenters. The second-order valence-corrected chi connectivity index (χ2v) is 7.04. The molecule has 1 amide bonds. The minimum atomic E-state index is -0.113. The fourth-order valence-corrected chi connectivity index (χ4v) is 3.79. The molecule has 27 heavy (non-hydrogen) atoms. The predicted molar refractivity (Wildman–Crippen MR) is 104 cm³/mol. The minimum Gasteiger partial charge on any atom is -0.484 e. The van der Waals surface area contributed by atoms with Crippen molar-refractivity contribution in [3.63, 3.8) is 0 Å². The van der Waals surface area contributed by atoms with Crippen LogP contribution in [0.4, 0.5) is 0 Å². The maximum atomic E-state index is 12.3. The lowest BCUT2D eigenvalue weighted by atomic mass is 10.1. The van der Waals surface area contributed by atoms with Crippen LogP contribution in [-0.2, 0) is 4.79 Å². The van der Waals surface area contributed by atoms with Gasteiger partial charge in [0.1, 0.15) is 5.75 Å². The third kappa shape index (κ3) is 4.31. The van der Waals surface area contributed by atoms with Gasteiger partial charge in [-0.05, 0) is 35.0 Å². The fourth-order valence-electron chi connectivity index (χ4n) is 3.79. The number of amides is 1. The van der Waals surface area contributed by atoms with Crippen LogP contribution in [0.3, 0.4) is 0 Å². The highest BCUT2D eigenvalue weighted by Crippen LogP contribution is 2.20. The first-order valence-electron chi connectivity index (χ1n) is 9.56. The zero-order chi connectivity index (χ0) is 18.5. The SMILES string of the molecule is O=C(COc1ccc2ccccc2c1)NC[C@H](c1ccco1)[NH+]1CCCC1. The molecular weight excluding hydrogens is 340 g/mol. The minimum absolute atomic E-state index is 0.0124. The van der Waals surface area contributed by atoms with Gasteiger partial charge in [-0.3, -0.25) is 4.79 Å². The Kier molecular flexibility index (Phi) is 5.39. The highest BCUT2D eigenvalue weighted by molar-refractivity contribution is 5.84. The number of likely N-dealkylation sites (tertiary alicyclic amines) is 1. The number of benzene rings is 2. The lowest BCUT2D eigenvalue weighted by molar-refractivity contribution is -0.919. The average molecular weight is 365 g/mol. The van der Waals surface area contributed by atoms with E-state index in [4.69, 9.17) is 9.15 Å². The number of hydrogen-bond acceptors (Lipinski definition) is 3. The van der Waals surface area contributed by atoms with Crippen molar-refractivity contribution in [2.75, 3.05) is 26.2 Å². The van der Waals surface area contributed by atoms with Crippen LogP contribution in [0.2, 0.25) is 0 Å². The molecule has 0 saturated carbocycles. The van der Waals surface area contributed by atoms with Crippen LogP contribution >= 0.6 is 0 Å². The van der Waals surface area contributed by atoms with E-state index < -0.39 is 0 Å². The Morgan fingerprint density at radius 3 is 2.67 bits per heavy atom. The van der Waals surface area contributed by atoms with Crippen molar-refractivity contribution >= 4 is 16.7 Å². The number of rotatable bonds is 7. The van der Waals surface area contributed by atoms with E-state index in [2.05, 4.69) is 11.4 Å². The molecule has 1 aliphatic heterocycles. The van der Waals surface area contributed by atoms with Gasteiger partial charge in [0.05, 0.1) is 25.9 Å². The highest BCUT2D eigenvalue weighted by Gasteiger charge is 2.29. The van der Waals surface area contributed by atoms with Gasteiger partial charge in [0, 0.05) is 12.8 Å². The van der Waals surface area contributed by atoms with Crippen molar-refractivity contribution in [2.45, 2.75) is 18.9 Å². The molecule has 0 bridgehead atoms. The Bertz CT molecular complexity index is 885. The van der Waals surface area contributed by atoms with E-state index >= 15 is 0 Å². The van der Waals surface area contributed by atoms with Crippen molar-refractivity contribution in [3.8, 4) is 5.75 Å². The number of ether oxygens (including phenoxy) is 1. The number of nitrogens with one attached hydrogen (secondary N) is 2. The van der Waals surface area contributed by atoms with E-state index in [1.165, 1.54) is 17.7 Å². The van der Waals surface area contributed by atoms with Crippen molar-refractivity contribution in [1.82, 2.24) is 5.32 Å². The summed E-state index contributed by atoms with van der Waals surface area (Å²) in [5, 5.41) is 5.27. The summed E-state index contributed by atoms with van der Waals surface area (Å²) in [5.74, 6) is 1.53. The summed E-state index contributed by atoms with van der Waals surface area (Å²) < 4.78 is 11.3. The largest absolute Gasteiger partial charge is 0.484 e. The predicted octanol–water partition coefficient (Wildman–Crippen LogP) is 2.35. The van der Waals surface area contributed by atoms with E-state index in [0.717, 1.165) is 29.6 Å². The first-order chi connectivity index (χ1) is 13.3. The summed E-state index contributed by atoms with van der Waals surface area (Å²) in [6.45, 7) is 2.81. The molecule has 1 saturated heterocycles. The molecule has 1 aliphatic rings. The molecular formula is C22H25N2O3+. The summed E-state index contributed by atoms with van der Waals surface area (Å²) in [7, 11) is 0. The van der Waals surface area contributed by atoms with Gasteiger partial charge in [0.25, 0.3) is 5.91 Å². The molecule has 1 atom stereocenters. The molecule has 2 N–H and O–H groups in total. The second-order valence-electron chi connectivity index (χ2n) is 7.04. The van der Waals surface area contributed by atoms with Crippen molar-refractivity contribution < 1.29 is 18.8 Å². The quantitative estimate of drug-likeness (QED) is 0.676. The smallest absolute Gasteiger partial charge is 0.258 e. The highest BCUT2D eigenvalue weighted by atomic mass is 16.5. The van der Waals surface area contributed by atoms with Crippen LogP contribution in [-0.4, -0.2) is 32.1 Å². The zero-order valence-electron chi connectivity index (χ0n) is 15.3. The molecule has 5 heteroatoms. The maximum absolute atomic E-state index is 12.3. The van der Waals surface area contributed by atoms with Crippen LogP contribution < -0.4 is 15.0 Å². The standard InChI is InChI=1S/C22H24N2O3/c25-22(16-27-19-10-9-17-6-1-2-7-18(17)14-19)23-15-20(21-8-5-13-26-21)24-11-3-4-12-24/h1-2,5-10,13-14,20H,3-4,11-12,15-16H2,(H,23,25)/p+1/t20-/m1/s1. The molecule has 0 spiro atoms. The van der Waals surface area contributed by atoms with E-state index in [1.54, 1.807) is 6.26 Å². The Hall–Kier alpha value is -2.79. The Balaban J connectivity index is 1.32. The van der Waals surface area contributed by atoms with Gasteiger partial charge in [-0.2, -0.15) is 0 Å². The molecule has 1 aromatic heterocycles. The normalized spacial score (nSPS) is 15.7. The van der Waals surface area contributed by atoms with E-state index in [9.17, 15) is 4.79 Å². The molecule has 2 aromatic carbocycles. The van der Waals surface area contributed by atoms with Crippen LogP contribution in [0.25, 0.3) is 10.8 Å². The summed E-state index contributed by atoms with van der Waals surface area (Å²) >= 11 is 0. The summed E-state index contributed by atoms with van der Waals surface area (Å²) in [4.78, 5) is 13.8. The molecule has 3 aromatic rings. The van der Waals surface area contributed by atoms with Gasteiger partial charge in [-0.25, -0.2) is 0 Å². The van der Waals surface area contributed by atoms with Gasteiger partial charge >= 0.3 is 0 Å². The molecule has 5 nitrogen and oxygen atoms in total. The van der Waals surface area contributed by atoms with Crippen LogP contribution in [0, 0.1) is 0 Å². The van der Waals surface area contributed by atoms with Gasteiger partial charge in [-0.1, -0.05) is 30.3 Å². The van der Waals surface area contributed by atoms with Crippen LogP contribution in [0.1, 0.15) is 24.6 Å². The molecule has 140 valence electrons. The van der Waals surface area contributed by atoms with E-state index in [0.29, 0.717) is 12.3 Å². The topological polar surface area (TPSA) is 55.9 Å². The number of furan rings is 1. The molecule has 0 aliphatic carbocycles. The number of quaternary nitrogens is 1. The second kappa shape index (κ2) is 8.27. The third-order valence-electron chi connectivity index (χ3n) is 5.22. The number of hydrogen-bond donors (Lipinski definition) is 2. The molecule has 4 rings (SSSR count). The molecule has 2 heterocycles. The number of fused-ring (bicyclic) bond motifs is 1. The summed E-state index contributed by atoms with van der Waals surface area (Å²) in [6, 6.07) is 18.0. The lowest BCUT2D eigenvalue weighted by Gasteiger charge is -2.23. The summed E-state index contributed by atoms with van der Waals surface area (Å²) in [5.41, 5.74) is 0. The molecule has 0 radical (unpaired) electrons. The lowest BCUT2D eigenvalue weighted by Crippen LogP contribution is -3.11. The van der Waals surface area contributed by atoms with Crippen molar-refractivity contribution in [3.05, 3.63) is 66.6 Å². The monoisotopic (exact) mass is 365 g/mol. The third-order valence-corrected chi connectivity index (χ3v) is 5.22. The first-order valence-corrected chi connectivity index (χ1v) is 9.56. The van der Waals surface area contributed by atoms with Gasteiger partial charge < -0.3 is 19.4 Å². The Morgan fingerprint density at radius 2 is 1.89 bits per heavy atom. The Labute approximate surface area is 158 Å². The number of carbonyl (C=O) groups excluding carboxylic acids is 1. The van der Waals surface area contributed by atoms with Crippen molar-refractivity contribution in [2.24, 2.45) is 0 Å². The number of carbonyl (C=O) groups is 1. The fraction of sp³-hybridized carbons (Fsp3) is 0.318.